The first-order valence-corrected chi connectivity index (χ1v) is 6.74. The lowest BCUT2D eigenvalue weighted by Crippen LogP contribution is -2.42. The minimum atomic E-state index is -0.713. The fourth-order valence-corrected chi connectivity index (χ4v) is 2.39. The predicted molar refractivity (Wildman–Crippen MR) is 75.1 cm³/mol. The Hall–Kier alpha value is -2.17. The van der Waals surface area contributed by atoms with Gasteiger partial charge in [0.2, 0.25) is 5.91 Å². The van der Waals surface area contributed by atoms with Gasteiger partial charge in [-0.2, -0.15) is 0 Å². The van der Waals surface area contributed by atoms with E-state index in [1.807, 2.05) is 19.9 Å². The highest BCUT2D eigenvalue weighted by molar-refractivity contribution is 6.25. The zero-order valence-corrected chi connectivity index (χ0v) is 11.9. The van der Waals surface area contributed by atoms with Gasteiger partial charge in [-0.15, -0.1) is 0 Å². The van der Waals surface area contributed by atoms with Crippen molar-refractivity contribution < 1.29 is 14.4 Å². The van der Waals surface area contributed by atoms with Crippen LogP contribution in [0, 0.1) is 5.92 Å². The first-order valence-electron chi connectivity index (χ1n) is 6.74. The van der Waals surface area contributed by atoms with Gasteiger partial charge in [-0.3, -0.25) is 14.5 Å². The van der Waals surface area contributed by atoms with Crippen LogP contribution in [0.1, 0.15) is 27.2 Å². The lowest BCUT2D eigenvalue weighted by atomic mass is 10.0. The molecule has 2 rings (SSSR count). The molecule has 1 fully saturated rings. The van der Waals surface area contributed by atoms with Crippen molar-refractivity contribution in [2.45, 2.75) is 33.2 Å². The van der Waals surface area contributed by atoms with Crippen molar-refractivity contribution in [2.24, 2.45) is 5.92 Å². The third-order valence-corrected chi connectivity index (χ3v) is 3.37. The van der Waals surface area contributed by atoms with Crippen LogP contribution in [0.4, 0.5) is 10.5 Å². The summed E-state index contributed by atoms with van der Waals surface area (Å²) in [6.45, 7) is 5.35. The van der Waals surface area contributed by atoms with Crippen LogP contribution in [0.25, 0.3) is 0 Å². The second kappa shape index (κ2) is 5.45. The molecule has 20 heavy (non-hydrogen) atoms. The van der Waals surface area contributed by atoms with Crippen LogP contribution in [0.15, 0.2) is 30.3 Å². The van der Waals surface area contributed by atoms with Crippen molar-refractivity contribution in [2.75, 3.05) is 4.90 Å². The highest BCUT2D eigenvalue weighted by Crippen LogP contribution is 2.29. The Kier molecular flexibility index (Phi) is 3.88. The summed E-state index contributed by atoms with van der Waals surface area (Å²) in [5.74, 6) is -0.769. The first-order chi connectivity index (χ1) is 9.49. The van der Waals surface area contributed by atoms with Gasteiger partial charge in [-0.25, -0.2) is 9.69 Å². The molecular weight excluding hydrogens is 256 g/mol. The number of rotatable bonds is 3. The van der Waals surface area contributed by atoms with Crippen molar-refractivity contribution in [3.05, 3.63) is 30.3 Å². The highest BCUT2D eigenvalue weighted by atomic mass is 16.2. The first kappa shape index (κ1) is 14.2. The SMILES string of the molecule is CCC(=O)N1C(=O)N(c2ccccc2)C(=O)[C@@H]1C(C)C. The summed E-state index contributed by atoms with van der Waals surface area (Å²) >= 11 is 0. The molecule has 4 amide bonds. The summed E-state index contributed by atoms with van der Waals surface area (Å²) in [6, 6.07) is 7.43. The van der Waals surface area contributed by atoms with Gasteiger partial charge in [-0.1, -0.05) is 39.0 Å². The summed E-state index contributed by atoms with van der Waals surface area (Å²) in [7, 11) is 0. The maximum absolute atomic E-state index is 12.5. The Balaban J connectivity index is 2.45. The van der Waals surface area contributed by atoms with Gasteiger partial charge in [0, 0.05) is 6.42 Å². The number of nitrogens with zero attached hydrogens (tertiary/aromatic N) is 2. The zero-order valence-electron chi connectivity index (χ0n) is 11.9. The van der Waals surface area contributed by atoms with Crippen molar-refractivity contribution in [1.29, 1.82) is 0 Å². The van der Waals surface area contributed by atoms with Crippen molar-refractivity contribution in [3.8, 4) is 0 Å². The number of urea groups is 1. The molecule has 0 N–H and O–H groups in total. The van der Waals surface area contributed by atoms with Crippen LogP contribution in [0.2, 0.25) is 0 Å². The molecule has 0 aliphatic carbocycles. The minimum absolute atomic E-state index is 0.115. The second-order valence-electron chi connectivity index (χ2n) is 5.10. The number of hydrogen-bond acceptors (Lipinski definition) is 3. The molecule has 1 saturated heterocycles. The van der Waals surface area contributed by atoms with E-state index in [9.17, 15) is 14.4 Å². The molecule has 1 heterocycles. The van der Waals surface area contributed by atoms with Crippen LogP contribution in [-0.4, -0.2) is 28.8 Å². The fraction of sp³-hybridized carbons (Fsp3) is 0.400. The average molecular weight is 274 g/mol. The smallest absolute Gasteiger partial charge is 0.274 e. The highest BCUT2D eigenvalue weighted by Gasteiger charge is 2.49. The number of imide groups is 2. The minimum Gasteiger partial charge on any atom is -0.274 e. The van der Waals surface area contributed by atoms with Crippen LogP contribution in [0.5, 0.6) is 0 Å². The topological polar surface area (TPSA) is 57.7 Å². The van der Waals surface area contributed by atoms with E-state index in [0.717, 1.165) is 9.80 Å². The molecule has 0 radical (unpaired) electrons. The molecule has 1 atom stereocenters. The molecule has 0 spiro atoms. The van der Waals surface area contributed by atoms with Gasteiger partial charge in [0.1, 0.15) is 6.04 Å². The molecular formula is C15H18N2O3. The largest absolute Gasteiger partial charge is 0.338 e. The maximum Gasteiger partial charge on any atom is 0.338 e. The summed E-state index contributed by atoms with van der Waals surface area (Å²) < 4.78 is 0. The molecule has 0 saturated carbocycles. The van der Waals surface area contributed by atoms with E-state index in [1.54, 1.807) is 31.2 Å². The summed E-state index contributed by atoms with van der Waals surface area (Å²) in [4.78, 5) is 39.1. The lowest BCUT2D eigenvalue weighted by Gasteiger charge is -2.21. The lowest BCUT2D eigenvalue weighted by molar-refractivity contribution is -0.133. The number of amides is 4. The van der Waals surface area contributed by atoms with E-state index in [2.05, 4.69) is 0 Å². The second-order valence-corrected chi connectivity index (χ2v) is 5.10. The number of carbonyl (C=O) groups is 3. The third-order valence-electron chi connectivity index (χ3n) is 3.37. The number of hydrogen-bond donors (Lipinski definition) is 0. The Morgan fingerprint density at radius 2 is 1.80 bits per heavy atom. The predicted octanol–water partition coefficient (Wildman–Crippen LogP) is 2.42. The average Bonchev–Trinajstić information content (AvgIpc) is 2.70. The summed E-state index contributed by atoms with van der Waals surface area (Å²) in [6.07, 6.45) is 0.199. The van der Waals surface area contributed by atoms with Crippen LogP contribution >= 0.6 is 0 Å². The third kappa shape index (κ3) is 2.19. The van der Waals surface area contributed by atoms with Crippen molar-refractivity contribution >= 4 is 23.5 Å². The van der Waals surface area contributed by atoms with Gasteiger partial charge in [0.25, 0.3) is 5.91 Å². The van der Waals surface area contributed by atoms with Crippen molar-refractivity contribution in [3.63, 3.8) is 0 Å². The molecule has 5 heteroatoms. The molecule has 0 aromatic heterocycles. The Labute approximate surface area is 118 Å². The van der Waals surface area contributed by atoms with Gasteiger partial charge in [-0.05, 0) is 18.1 Å². The fourth-order valence-electron chi connectivity index (χ4n) is 2.39. The van der Waals surface area contributed by atoms with Crippen LogP contribution in [0.3, 0.4) is 0 Å². The molecule has 1 aromatic rings. The van der Waals surface area contributed by atoms with E-state index in [4.69, 9.17) is 0 Å². The number of anilines is 1. The van der Waals surface area contributed by atoms with E-state index in [-0.39, 0.29) is 24.2 Å². The normalized spacial score (nSPS) is 19.1. The van der Waals surface area contributed by atoms with Crippen LogP contribution in [-0.2, 0) is 9.59 Å². The van der Waals surface area contributed by atoms with E-state index in [1.165, 1.54) is 0 Å². The van der Waals surface area contributed by atoms with Crippen molar-refractivity contribution in [1.82, 2.24) is 4.90 Å². The number of para-hydroxylation sites is 1. The molecule has 1 aliphatic rings. The number of benzene rings is 1. The molecule has 1 aromatic carbocycles. The maximum atomic E-state index is 12.5. The van der Waals surface area contributed by atoms with E-state index < -0.39 is 12.1 Å². The number of carbonyl (C=O) groups excluding carboxylic acids is 3. The standard InChI is InChI=1S/C15H18N2O3/c1-4-12(18)17-13(10(2)3)14(19)16(15(17)20)11-8-6-5-7-9-11/h5-10,13H,4H2,1-3H3/t13-/m0/s1. The zero-order chi connectivity index (χ0) is 14.9. The van der Waals surface area contributed by atoms with E-state index in [0.29, 0.717) is 5.69 Å². The summed E-state index contributed by atoms with van der Waals surface area (Å²) in [5.41, 5.74) is 0.500. The molecule has 5 nitrogen and oxygen atoms in total. The summed E-state index contributed by atoms with van der Waals surface area (Å²) in [5, 5.41) is 0. The molecule has 0 bridgehead atoms. The van der Waals surface area contributed by atoms with Crippen LogP contribution < -0.4 is 4.90 Å². The van der Waals surface area contributed by atoms with Gasteiger partial charge < -0.3 is 0 Å². The van der Waals surface area contributed by atoms with Gasteiger partial charge >= 0.3 is 6.03 Å². The molecule has 106 valence electrons. The van der Waals surface area contributed by atoms with E-state index >= 15 is 0 Å². The Morgan fingerprint density at radius 1 is 1.20 bits per heavy atom. The quantitative estimate of drug-likeness (QED) is 0.795. The Bertz CT molecular complexity index is 539. The molecule has 0 unspecified atom stereocenters. The monoisotopic (exact) mass is 274 g/mol. The Morgan fingerprint density at radius 3 is 2.30 bits per heavy atom. The van der Waals surface area contributed by atoms with Gasteiger partial charge in [0.15, 0.2) is 0 Å². The van der Waals surface area contributed by atoms with Gasteiger partial charge in [0.05, 0.1) is 5.69 Å². The molecule has 1 aliphatic heterocycles.